The van der Waals surface area contributed by atoms with Crippen LogP contribution in [0.2, 0.25) is 5.02 Å². The van der Waals surface area contributed by atoms with Crippen molar-refractivity contribution in [2.45, 2.75) is 30.9 Å². The van der Waals surface area contributed by atoms with Crippen LogP contribution in [0, 0.1) is 0 Å². The monoisotopic (exact) mass is 329 g/mol. The lowest BCUT2D eigenvalue weighted by molar-refractivity contribution is -0.127. The zero-order valence-corrected chi connectivity index (χ0v) is 14.4. The van der Waals surface area contributed by atoms with E-state index in [1.807, 2.05) is 40.9 Å². The van der Waals surface area contributed by atoms with Crippen LogP contribution in [-0.4, -0.2) is 33.6 Å². The van der Waals surface area contributed by atoms with Crippen molar-refractivity contribution in [1.82, 2.24) is 4.90 Å². The number of thioether (sulfide) groups is 2. The van der Waals surface area contributed by atoms with E-state index in [1.54, 1.807) is 11.8 Å². The molecule has 1 unspecified atom stereocenters. The van der Waals surface area contributed by atoms with Gasteiger partial charge in [0, 0.05) is 22.1 Å². The molecule has 1 aromatic carbocycles. The van der Waals surface area contributed by atoms with Crippen molar-refractivity contribution in [1.29, 1.82) is 0 Å². The van der Waals surface area contributed by atoms with E-state index >= 15 is 0 Å². The molecule has 2 rings (SSSR count). The second-order valence-electron chi connectivity index (χ2n) is 5.77. The van der Waals surface area contributed by atoms with Crippen LogP contribution in [0.15, 0.2) is 24.3 Å². The molecule has 1 aliphatic rings. The third-order valence-electron chi connectivity index (χ3n) is 2.97. The summed E-state index contributed by atoms with van der Waals surface area (Å²) in [5, 5.41) is 0.841. The van der Waals surface area contributed by atoms with Gasteiger partial charge < -0.3 is 4.90 Å². The zero-order valence-electron chi connectivity index (χ0n) is 12.1. The van der Waals surface area contributed by atoms with Crippen LogP contribution < -0.4 is 0 Å². The molecule has 2 nitrogen and oxygen atoms in total. The maximum atomic E-state index is 12.1. The minimum Gasteiger partial charge on any atom is -0.325 e. The van der Waals surface area contributed by atoms with Gasteiger partial charge in [-0.2, -0.15) is 11.8 Å². The molecule has 1 saturated heterocycles. The molecule has 20 heavy (non-hydrogen) atoms. The average molecular weight is 330 g/mol. The van der Waals surface area contributed by atoms with E-state index in [2.05, 4.69) is 20.8 Å². The summed E-state index contributed by atoms with van der Waals surface area (Å²) in [7, 11) is 0. The summed E-state index contributed by atoms with van der Waals surface area (Å²) >= 11 is 9.64. The Morgan fingerprint density at radius 1 is 1.45 bits per heavy atom. The molecule has 1 atom stereocenters. The number of rotatable bonds is 4. The molecule has 0 aliphatic carbocycles. The predicted molar refractivity (Wildman–Crippen MR) is 90.6 cm³/mol. The SMILES string of the molecule is CC(C)(C)SCCN1C(=O)CSC1c1cccc(Cl)c1. The molecule has 1 aliphatic heterocycles. The highest BCUT2D eigenvalue weighted by atomic mass is 35.5. The number of amides is 1. The van der Waals surface area contributed by atoms with E-state index in [1.165, 1.54) is 0 Å². The molecule has 1 heterocycles. The van der Waals surface area contributed by atoms with Crippen molar-refractivity contribution in [2.75, 3.05) is 18.1 Å². The lowest BCUT2D eigenvalue weighted by Gasteiger charge is -2.26. The van der Waals surface area contributed by atoms with Crippen LogP contribution in [0.25, 0.3) is 0 Å². The number of benzene rings is 1. The highest BCUT2D eigenvalue weighted by Crippen LogP contribution is 2.39. The molecular weight excluding hydrogens is 310 g/mol. The Kier molecular flexibility index (Phi) is 5.32. The highest BCUT2D eigenvalue weighted by Gasteiger charge is 2.32. The summed E-state index contributed by atoms with van der Waals surface area (Å²) in [5.74, 6) is 1.76. The van der Waals surface area contributed by atoms with Gasteiger partial charge in [0.2, 0.25) is 5.91 Å². The number of carbonyl (C=O) groups is 1. The van der Waals surface area contributed by atoms with Gasteiger partial charge in [0.15, 0.2) is 0 Å². The van der Waals surface area contributed by atoms with Crippen molar-refractivity contribution >= 4 is 41.0 Å². The number of hydrogen-bond donors (Lipinski definition) is 0. The van der Waals surface area contributed by atoms with Gasteiger partial charge in [0.1, 0.15) is 5.37 Å². The Hall–Kier alpha value is -0.320. The third kappa shape index (κ3) is 4.34. The Bertz CT molecular complexity index is 487. The van der Waals surface area contributed by atoms with Gasteiger partial charge in [-0.15, -0.1) is 11.8 Å². The number of hydrogen-bond acceptors (Lipinski definition) is 3. The molecule has 1 amide bonds. The highest BCUT2D eigenvalue weighted by molar-refractivity contribution is 8.01. The summed E-state index contributed by atoms with van der Waals surface area (Å²) in [6, 6.07) is 7.82. The molecule has 1 aromatic rings. The normalized spacial score (nSPS) is 19.7. The summed E-state index contributed by atoms with van der Waals surface area (Å²) < 4.78 is 0.238. The molecule has 0 spiro atoms. The molecule has 0 N–H and O–H groups in total. The first-order valence-corrected chi connectivity index (χ1v) is 9.08. The van der Waals surface area contributed by atoms with Gasteiger partial charge in [-0.3, -0.25) is 4.79 Å². The van der Waals surface area contributed by atoms with Crippen LogP contribution in [0.3, 0.4) is 0 Å². The van der Waals surface area contributed by atoms with Crippen molar-refractivity contribution < 1.29 is 4.79 Å². The van der Waals surface area contributed by atoms with Gasteiger partial charge in [0.25, 0.3) is 0 Å². The first kappa shape index (κ1) is 16.1. The van der Waals surface area contributed by atoms with E-state index in [0.29, 0.717) is 5.75 Å². The van der Waals surface area contributed by atoms with Gasteiger partial charge >= 0.3 is 0 Å². The topological polar surface area (TPSA) is 20.3 Å². The van der Waals surface area contributed by atoms with Gasteiger partial charge in [-0.1, -0.05) is 44.5 Å². The Morgan fingerprint density at radius 3 is 2.85 bits per heavy atom. The van der Waals surface area contributed by atoms with E-state index < -0.39 is 0 Å². The van der Waals surface area contributed by atoms with Crippen molar-refractivity contribution in [3.63, 3.8) is 0 Å². The van der Waals surface area contributed by atoms with Gasteiger partial charge in [-0.25, -0.2) is 0 Å². The lowest BCUT2D eigenvalue weighted by atomic mass is 10.2. The molecular formula is C15H20ClNOS2. The summed E-state index contributed by atoms with van der Waals surface area (Å²) in [5.41, 5.74) is 1.12. The summed E-state index contributed by atoms with van der Waals surface area (Å²) in [4.78, 5) is 14.0. The fraction of sp³-hybridized carbons (Fsp3) is 0.533. The Labute approximate surface area is 134 Å². The quantitative estimate of drug-likeness (QED) is 0.814. The molecule has 0 radical (unpaired) electrons. The first-order valence-electron chi connectivity index (χ1n) is 6.67. The van der Waals surface area contributed by atoms with E-state index in [9.17, 15) is 4.79 Å². The minimum atomic E-state index is 0.113. The first-order chi connectivity index (χ1) is 9.37. The van der Waals surface area contributed by atoms with Gasteiger partial charge in [0.05, 0.1) is 5.75 Å². The second kappa shape index (κ2) is 6.63. The molecule has 1 fully saturated rings. The summed E-state index contributed by atoms with van der Waals surface area (Å²) in [6.45, 7) is 7.40. The van der Waals surface area contributed by atoms with Gasteiger partial charge in [-0.05, 0) is 17.7 Å². The van der Waals surface area contributed by atoms with E-state index in [4.69, 9.17) is 11.6 Å². The fourth-order valence-electron chi connectivity index (χ4n) is 2.08. The van der Waals surface area contributed by atoms with Crippen LogP contribution >= 0.6 is 35.1 Å². The van der Waals surface area contributed by atoms with Crippen molar-refractivity contribution in [3.05, 3.63) is 34.9 Å². The molecule has 5 heteroatoms. The van der Waals surface area contributed by atoms with Crippen molar-refractivity contribution in [3.8, 4) is 0 Å². The van der Waals surface area contributed by atoms with E-state index in [-0.39, 0.29) is 16.0 Å². The second-order valence-corrected chi connectivity index (χ2v) is 9.19. The summed E-state index contributed by atoms with van der Waals surface area (Å²) in [6.07, 6.45) is 0. The lowest BCUT2D eigenvalue weighted by Crippen LogP contribution is -2.31. The molecule has 0 aromatic heterocycles. The van der Waals surface area contributed by atoms with Crippen LogP contribution in [0.1, 0.15) is 31.7 Å². The Morgan fingerprint density at radius 2 is 2.20 bits per heavy atom. The zero-order chi connectivity index (χ0) is 14.8. The van der Waals surface area contributed by atoms with Crippen LogP contribution in [-0.2, 0) is 4.79 Å². The molecule has 0 bridgehead atoms. The number of halogens is 1. The van der Waals surface area contributed by atoms with E-state index in [0.717, 1.165) is 22.9 Å². The average Bonchev–Trinajstić information content (AvgIpc) is 2.70. The molecule has 110 valence electrons. The largest absolute Gasteiger partial charge is 0.325 e. The minimum absolute atomic E-state index is 0.113. The smallest absolute Gasteiger partial charge is 0.233 e. The third-order valence-corrected chi connectivity index (χ3v) is 5.71. The standard InChI is InChI=1S/C15H20ClNOS2/c1-15(2,3)20-8-7-17-13(18)10-19-14(17)11-5-4-6-12(16)9-11/h4-6,9,14H,7-8,10H2,1-3H3. The maximum absolute atomic E-state index is 12.1. The van der Waals surface area contributed by atoms with Crippen LogP contribution in [0.4, 0.5) is 0 Å². The Balaban J connectivity index is 2.03. The van der Waals surface area contributed by atoms with Crippen molar-refractivity contribution in [2.24, 2.45) is 0 Å². The number of carbonyl (C=O) groups excluding carboxylic acids is 1. The van der Waals surface area contributed by atoms with Crippen LogP contribution in [0.5, 0.6) is 0 Å². The number of nitrogens with zero attached hydrogens (tertiary/aromatic N) is 1. The maximum Gasteiger partial charge on any atom is 0.233 e. The predicted octanol–water partition coefficient (Wildman–Crippen LogP) is 4.45. The fourth-order valence-corrected chi connectivity index (χ4v) is 4.39. The molecule has 0 saturated carbocycles.